The highest BCUT2D eigenvalue weighted by atomic mass is 17.2. The van der Waals surface area contributed by atoms with Gasteiger partial charge in [0.15, 0.2) is 0 Å². The van der Waals surface area contributed by atoms with Gasteiger partial charge in [-0.15, -0.1) is 0 Å². The van der Waals surface area contributed by atoms with Gasteiger partial charge in [0.2, 0.25) is 0 Å². The number of rotatable bonds is 2. The average Bonchev–Trinajstić information content (AvgIpc) is 2.55. The van der Waals surface area contributed by atoms with Gasteiger partial charge >= 0.3 is 0 Å². The lowest BCUT2D eigenvalue weighted by molar-refractivity contribution is -0.456. The van der Waals surface area contributed by atoms with Crippen LogP contribution in [-0.2, 0) is 14.7 Å². The second-order valence-electron chi connectivity index (χ2n) is 7.22. The third-order valence-electron chi connectivity index (χ3n) is 5.74. The van der Waals surface area contributed by atoms with Crippen molar-refractivity contribution in [3.8, 4) is 0 Å². The minimum Gasteiger partial charge on any atom is -0.251 e. The largest absolute Gasteiger partial charge is 0.251 e. The van der Waals surface area contributed by atoms with Gasteiger partial charge in [-0.3, -0.25) is 5.26 Å². The van der Waals surface area contributed by atoms with Crippen molar-refractivity contribution in [2.24, 2.45) is 17.3 Å². The van der Waals surface area contributed by atoms with Crippen LogP contribution in [0, 0.1) is 17.3 Å². The summed E-state index contributed by atoms with van der Waals surface area (Å²) in [6.07, 6.45) is 6.89. The summed E-state index contributed by atoms with van der Waals surface area (Å²) in [6, 6.07) is 0. The Balaban J connectivity index is 2.08. The molecule has 1 saturated carbocycles. The molecule has 1 spiro atoms. The number of hydrogen-bond acceptors (Lipinski definition) is 4. The molecule has 0 radical (unpaired) electrons. The molecule has 0 amide bonds. The van der Waals surface area contributed by atoms with E-state index in [4.69, 9.17) is 14.7 Å². The smallest absolute Gasteiger partial charge is 0.148 e. The van der Waals surface area contributed by atoms with Gasteiger partial charge < -0.3 is 0 Å². The predicted octanol–water partition coefficient (Wildman–Crippen LogP) is 3.34. The molecule has 4 heteroatoms. The van der Waals surface area contributed by atoms with Crippen LogP contribution in [0.15, 0.2) is 12.2 Å². The van der Waals surface area contributed by atoms with E-state index in [1.54, 1.807) is 0 Å². The molecular weight excluding hydrogens is 244 g/mol. The highest BCUT2D eigenvalue weighted by Crippen LogP contribution is 2.62. The van der Waals surface area contributed by atoms with Gasteiger partial charge in [-0.2, -0.15) is 0 Å². The topological polar surface area (TPSA) is 47.9 Å². The molecule has 0 aromatic carbocycles. The molecule has 4 nitrogen and oxygen atoms in total. The zero-order valence-electron chi connectivity index (χ0n) is 12.2. The first-order valence-corrected chi connectivity index (χ1v) is 7.24. The normalized spacial score (nSPS) is 52.5. The molecule has 0 aromatic rings. The standard InChI is InChI=1S/C15H24O4/c1-10(2)11-5-6-13(3)9-12-14(4,18-16)7-8-15(11,13)19-17-12/h7-8,10-12,16H,5-6,9H2,1-4H3/t11-,12-,13-,14-,15-/m1/s1. The summed E-state index contributed by atoms with van der Waals surface area (Å²) in [4.78, 5) is 16.2. The average molecular weight is 268 g/mol. The molecule has 0 aromatic heterocycles. The Labute approximate surface area is 114 Å². The molecule has 0 unspecified atom stereocenters. The molecule has 5 atom stereocenters. The molecule has 108 valence electrons. The van der Waals surface area contributed by atoms with Crippen LogP contribution in [0.25, 0.3) is 0 Å². The van der Waals surface area contributed by atoms with E-state index in [1.807, 2.05) is 13.0 Å². The van der Waals surface area contributed by atoms with Crippen LogP contribution in [0.5, 0.6) is 0 Å². The summed E-state index contributed by atoms with van der Waals surface area (Å²) in [5.41, 5.74) is -1.15. The molecule has 2 heterocycles. The highest BCUT2D eigenvalue weighted by molar-refractivity contribution is 5.26. The molecule has 2 aliphatic heterocycles. The second-order valence-corrected chi connectivity index (χ2v) is 7.22. The Hall–Kier alpha value is -0.420. The van der Waals surface area contributed by atoms with Crippen molar-refractivity contribution < 1.29 is 19.9 Å². The number of fused-ring (bicyclic) bond motifs is 2. The van der Waals surface area contributed by atoms with E-state index in [0.717, 1.165) is 19.3 Å². The minimum atomic E-state index is -0.821. The molecular formula is C15H24O4. The van der Waals surface area contributed by atoms with E-state index in [1.165, 1.54) is 0 Å². The van der Waals surface area contributed by atoms with Gasteiger partial charge in [-0.1, -0.05) is 20.8 Å². The summed E-state index contributed by atoms with van der Waals surface area (Å²) in [7, 11) is 0. The van der Waals surface area contributed by atoms with E-state index < -0.39 is 5.60 Å². The van der Waals surface area contributed by atoms with Crippen molar-refractivity contribution in [1.82, 2.24) is 0 Å². The van der Waals surface area contributed by atoms with Crippen LogP contribution < -0.4 is 0 Å². The van der Waals surface area contributed by atoms with E-state index in [9.17, 15) is 5.26 Å². The Morgan fingerprint density at radius 3 is 2.68 bits per heavy atom. The van der Waals surface area contributed by atoms with Crippen molar-refractivity contribution >= 4 is 0 Å². The van der Waals surface area contributed by atoms with Crippen molar-refractivity contribution in [2.45, 2.75) is 64.3 Å². The molecule has 19 heavy (non-hydrogen) atoms. The molecule has 4 aliphatic rings. The Kier molecular flexibility index (Phi) is 2.88. The van der Waals surface area contributed by atoms with Gasteiger partial charge in [0, 0.05) is 5.41 Å². The van der Waals surface area contributed by atoms with Crippen LogP contribution in [0.2, 0.25) is 0 Å². The molecule has 2 aliphatic carbocycles. The minimum absolute atomic E-state index is 0.0532. The lowest BCUT2D eigenvalue weighted by Crippen LogP contribution is -2.55. The fraction of sp³-hybridized carbons (Fsp3) is 0.867. The third-order valence-corrected chi connectivity index (χ3v) is 5.74. The van der Waals surface area contributed by atoms with E-state index in [0.29, 0.717) is 11.8 Å². The maximum Gasteiger partial charge on any atom is 0.148 e. The molecule has 4 rings (SSSR count). The summed E-state index contributed by atoms with van der Waals surface area (Å²) in [5, 5.41) is 9.23. The van der Waals surface area contributed by atoms with Gasteiger partial charge in [0.1, 0.15) is 17.3 Å². The quantitative estimate of drug-likeness (QED) is 0.474. The third kappa shape index (κ3) is 1.60. The van der Waals surface area contributed by atoms with Crippen molar-refractivity contribution in [2.75, 3.05) is 0 Å². The lowest BCUT2D eigenvalue weighted by Gasteiger charge is -2.49. The van der Waals surface area contributed by atoms with Gasteiger partial charge in [0.25, 0.3) is 0 Å². The first kappa shape index (κ1) is 13.6. The van der Waals surface area contributed by atoms with E-state index in [-0.39, 0.29) is 17.1 Å². The summed E-state index contributed by atoms with van der Waals surface area (Å²) >= 11 is 0. The maximum absolute atomic E-state index is 9.23. The van der Waals surface area contributed by atoms with Crippen molar-refractivity contribution in [3.05, 3.63) is 12.2 Å². The Morgan fingerprint density at radius 2 is 2.05 bits per heavy atom. The summed E-state index contributed by atoms with van der Waals surface area (Å²) in [6.45, 7) is 8.59. The molecule has 2 fully saturated rings. The molecule has 2 bridgehead atoms. The van der Waals surface area contributed by atoms with Crippen LogP contribution >= 0.6 is 0 Å². The van der Waals surface area contributed by atoms with E-state index >= 15 is 0 Å². The van der Waals surface area contributed by atoms with Crippen LogP contribution in [0.3, 0.4) is 0 Å². The van der Waals surface area contributed by atoms with Crippen molar-refractivity contribution in [1.29, 1.82) is 0 Å². The fourth-order valence-corrected chi connectivity index (χ4v) is 4.30. The first-order chi connectivity index (χ1) is 8.87. The van der Waals surface area contributed by atoms with Gasteiger partial charge in [-0.25, -0.2) is 14.7 Å². The highest BCUT2D eigenvalue weighted by Gasteiger charge is 2.65. The SMILES string of the molecule is CC(C)[C@H]1CC[C@]2(C)C[C@H]3OO[C@]12C=C[C@@]3(C)OO. The van der Waals surface area contributed by atoms with Crippen molar-refractivity contribution in [3.63, 3.8) is 0 Å². The zero-order chi connectivity index (χ0) is 13.9. The van der Waals surface area contributed by atoms with Gasteiger partial charge in [-0.05, 0) is 50.2 Å². The zero-order valence-corrected chi connectivity index (χ0v) is 12.2. The van der Waals surface area contributed by atoms with Crippen LogP contribution in [0.4, 0.5) is 0 Å². The predicted molar refractivity (Wildman–Crippen MR) is 70.2 cm³/mol. The lowest BCUT2D eigenvalue weighted by atomic mass is 9.67. The second kappa shape index (κ2) is 4.04. The Bertz CT molecular complexity index is 407. The molecule has 1 saturated heterocycles. The Morgan fingerprint density at radius 1 is 1.32 bits per heavy atom. The van der Waals surface area contributed by atoms with E-state index in [2.05, 4.69) is 26.8 Å². The summed E-state index contributed by atoms with van der Waals surface area (Å²) in [5.74, 6) is 0.974. The maximum atomic E-state index is 9.23. The summed E-state index contributed by atoms with van der Waals surface area (Å²) < 4.78 is 0. The fourth-order valence-electron chi connectivity index (χ4n) is 4.30. The number of hydrogen-bond donors (Lipinski definition) is 1. The van der Waals surface area contributed by atoms with Crippen LogP contribution in [0.1, 0.15) is 47.0 Å². The van der Waals surface area contributed by atoms with Crippen LogP contribution in [-0.4, -0.2) is 22.6 Å². The first-order valence-electron chi connectivity index (χ1n) is 7.24. The van der Waals surface area contributed by atoms with Gasteiger partial charge in [0.05, 0.1) is 0 Å². The monoisotopic (exact) mass is 268 g/mol. The molecule has 1 N–H and O–H groups in total.